The molecular formula is C14H22N6S. The highest BCUT2D eigenvalue weighted by atomic mass is 32.2. The fraction of sp³-hybridized carbons (Fsp3) is 0.643. The maximum absolute atomic E-state index is 4.59. The second-order valence-corrected chi connectivity index (χ2v) is 6.52. The predicted octanol–water partition coefficient (Wildman–Crippen LogP) is 2.87. The molecule has 3 rings (SSSR count). The number of anilines is 2. The van der Waals surface area contributed by atoms with Crippen LogP contribution in [0.25, 0.3) is 11.2 Å². The summed E-state index contributed by atoms with van der Waals surface area (Å²) in [7, 11) is 0. The largest absolute Gasteiger partial charge is 0.365 e. The Hall–Kier alpha value is -1.50. The Labute approximate surface area is 128 Å². The van der Waals surface area contributed by atoms with Crippen LogP contribution in [-0.4, -0.2) is 44.0 Å². The summed E-state index contributed by atoms with van der Waals surface area (Å²) in [5, 5.41) is 7.56. The molecule has 1 fully saturated rings. The molecule has 1 aliphatic rings. The zero-order valence-electron chi connectivity index (χ0n) is 12.5. The monoisotopic (exact) mass is 306 g/mol. The molecular weight excluding hydrogens is 284 g/mol. The predicted molar refractivity (Wildman–Crippen MR) is 89.0 cm³/mol. The Morgan fingerprint density at radius 1 is 1.29 bits per heavy atom. The van der Waals surface area contributed by atoms with Crippen molar-refractivity contribution >= 4 is 34.7 Å². The van der Waals surface area contributed by atoms with Crippen molar-refractivity contribution in [3.05, 3.63) is 6.33 Å². The summed E-state index contributed by atoms with van der Waals surface area (Å²) in [6.45, 7) is 2.84. The van der Waals surface area contributed by atoms with Crippen LogP contribution in [0.15, 0.2) is 6.33 Å². The average Bonchev–Trinajstić information content (AvgIpc) is 2.97. The zero-order chi connectivity index (χ0) is 14.7. The van der Waals surface area contributed by atoms with Gasteiger partial charge >= 0.3 is 0 Å². The van der Waals surface area contributed by atoms with E-state index in [9.17, 15) is 0 Å². The van der Waals surface area contributed by atoms with Crippen LogP contribution in [0.5, 0.6) is 0 Å². The number of imidazole rings is 1. The lowest BCUT2D eigenvalue weighted by molar-refractivity contribution is 0.472. The summed E-state index contributed by atoms with van der Waals surface area (Å²) in [5.74, 6) is 1.50. The Bertz CT molecular complexity index is 590. The van der Waals surface area contributed by atoms with E-state index in [-0.39, 0.29) is 0 Å². The standard InChI is InChI=1S/C14H22N6S/c1-3-15-14-19-12-11(16-8-17-12)13(20-14)18-9-4-6-10(21-2)7-5-9/h8-10H,3-7H2,1-2H3,(H3,15,16,17,18,19,20). The van der Waals surface area contributed by atoms with E-state index in [4.69, 9.17) is 0 Å². The lowest BCUT2D eigenvalue weighted by Gasteiger charge is -2.28. The summed E-state index contributed by atoms with van der Waals surface area (Å²) in [6.07, 6.45) is 8.82. The average molecular weight is 306 g/mol. The van der Waals surface area contributed by atoms with Gasteiger partial charge in [-0.25, -0.2) is 4.98 Å². The van der Waals surface area contributed by atoms with Crippen LogP contribution in [0.3, 0.4) is 0 Å². The van der Waals surface area contributed by atoms with Crippen molar-refractivity contribution < 1.29 is 0 Å². The van der Waals surface area contributed by atoms with E-state index in [0.717, 1.165) is 23.1 Å². The van der Waals surface area contributed by atoms with Gasteiger partial charge in [-0.05, 0) is 38.9 Å². The van der Waals surface area contributed by atoms with Gasteiger partial charge < -0.3 is 15.6 Å². The molecule has 0 aromatic carbocycles. The Morgan fingerprint density at radius 2 is 2.10 bits per heavy atom. The maximum atomic E-state index is 4.59. The molecule has 7 heteroatoms. The van der Waals surface area contributed by atoms with Crippen LogP contribution in [0.4, 0.5) is 11.8 Å². The minimum absolute atomic E-state index is 0.490. The molecule has 0 atom stereocenters. The smallest absolute Gasteiger partial charge is 0.226 e. The van der Waals surface area contributed by atoms with Crippen molar-refractivity contribution in [2.45, 2.75) is 43.9 Å². The SMILES string of the molecule is CCNc1nc(NC2CCC(SC)CC2)c2[nH]cnc2n1. The lowest BCUT2D eigenvalue weighted by Crippen LogP contribution is -2.27. The molecule has 0 aliphatic heterocycles. The summed E-state index contributed by atoms with van der Waals surface area (Å²) in [4.78, 5) is 16.4. The molecule has 0 amide bonds. The van der Waals surface area contributed by atoms with Crippen LogP contribution in [0.1, 0.15) is 32.6 Å². The van der Waals surface area contributed by atoms with E-state index < -0.39 is 0 Å². The number of rotatable bonds is 5. The van der Waals surface area contributed by atoms with Crippen molar-refractivity contribution in [3.63, 3.8) is 0 Å². The summed E-state index contributed by atoms with van der Waals surface area (Å²) in [6, 6.07) is 0.490. The molecule has 0 bridgehead atoms. The number of hydrogen-bond acceptors (Lipinski definition) is 6. The van der Waals surface area contributed by atoms with Gasteiger partial charge in [-0.2, -0.15) is 21.7 Å². The van der Waals surface area contributed by atoms with E-state index in [1.165, 1.54) is 25.7 Å². The summed E-state index contributed by atoms with van der Waals surface area (Å²) < 4.78 is 0. The number of nitrogens with zero attached hydrogens (tertiary/aromatic N) is 3. The fourth-order valence-corrected chi connectivity index (χ4v) is 3.55. The highest BCUT2D eigenvalue weighted by molar-refractivity contribution is 7.99. The molecule has 21 heavy (non-hydrogen) atoms. The van der Waals surface area contributed by atoms with Gasteiger partial charge in [-0.3, -0.25) is 0 Å². The molecule has 2 heterocycles. The number of H-pyrrole nitrogens is 1. The van der Waals surface area contributed by atoms with Crippen molar-refractivity contribution in [2.75, 3.05) is 23.4 Å². The molecule has 0 saturated heterocycles. The van der Waals surface area contributed by atoms with Gasteiger partial charge in [0.25, 0.3) is 0 Å². The normalized spacial score (nSPS) is 22.4. The third kappa shape index (κ3) is 3.23. The van der Waals surface area contributed by atoms with Crippen LogP contribution >= 0.6 is 11.8 Å². The Morgan fingerprint density at radius 3 is 2.81 bits per heavy atom. The van der Waals surface area contributed by atoms with E-state index >= 15 is 0 Å². The van der Waals surface area contributed by atoms with Crippen molar-refractivity contribution in [1.29, 1.82) is 0 Å². The molecule has 1 aliphatic carbocycles. The molecule has 0 spiro atoms. The minimum atomic E-state index is 0.490. The van der Waals surface area contributed by atoms with Gasteiger partial charge in [0.1, 0.15) is 5.52 Å². The van der Waals surface area contributed by atoms with Crippen LogP contribution < -0.4 is 10.6 Å². The first-order chi connectivity index (χ1) is 10.3. The number of hydrogen-bond donors (Lipinski definition) is 3. The molecule has 6 nitrogen and oxygen atoms in total. The van der Waals surface area contributed by atoms with Gasteiger partial charge in [0.2, 0.25) is 5.95 Å². The van der Waals surface area contributed by atoms with Crippen LogP contribution in [0, 0.1) is 0 Å². The fourth-order valence-electron chi connectivity index (χ4n) is 2.81. The van der Waals surface area contributed by atoms with Gasteiger partial charge in [-0.1, -0.05) is 0 Å². The van der Waals surface area contributed by atoms with E-state index in [0.29, 0.717) is 17.6 Å². The highest BCUT2D eigenvalue weighted by Gasteiger charge is 2.22. The molecule has 0 unspecified atom stereocenters. The number of aromatic amines is 1. The first-order valence-corrected chi connectivity index (χ1v) is 8.83. The maximum Gasteiger partial charge on any atom is 0.226 e. The van der Waals surface area contributed by atoms with Crippen molar-refractivity contribution in [1.82, 2.24) is 19.9 Å². The molecule has 0 radical (unpaired) electrons. The second kappa shape index (κ2) is 6.51. The number of aromatic nitrogens is 4. The zero-order valence-corrected chi connectivity index (χ0v) is 13.3. The minimum Gasteiger partial charge on any atom is -0.365 e. The van der Waals surface area contributed by atoms with Gasteiger partial charge in [0, 0.05) is 17.8 Å². The topological polar surface area (TPSA) is 78.5 Å². The molecule has 1 saturated carbocycles. The highest BCUT2D eigenvalue weighted by Crippen LogP contribution is 2.29. The quantitative estimate of drug-likeness (QED) is 0.788. The number of fused-ring (bicyclic) bond motifs is 1. The third-order valence-electron chi connectivity index (χ3n) is 3.97. The van der Waals surface area contributed by atoms with Crippen LogP contribution in [-0.2, 0) is 0 Å². The molecule has 2 aromatic heterocycles. The van der Waals surface area contributed by atoms with Gasteiger partial charge in [-0.15, -0.1) is 0 Å². The van der Waals surface area contributed by atoms with Gasteiger partial charge in [0.05, 0.1) is 6.33 Å². The molecule has 114 valence electrons. The first-order valence-electron chi connectivity index (χ1n) is 7.54. The molecule has 3 N–H and O–H groups in total. The van der Waals surface area contributed by atoms with E-state index in [1.54, 1.807) is 6.33 Å². The van der Waals surface area contributed by atoms with Crippen LogP contribution in [0.2, 0.25) is 0 Å². The van der Waals surface area contributed by atoms with E-state index in [2.05, 4.69) is 36.8 Å². The first kappa shape index (κ1) is 14.4. The number of thioether (sulfide) groups is 1. The second-order valence-electron chi connectivity index (χ2n) is 5.38. The van der Waals surface area contributed by atoms with Crippen molar-refractivity contribution in [2.24, 2.45) is 0 Å². The number of nitrogens with one attached hydrogen (secondary N) is 3. The lowest BCUT2D eigenvalue weighted by atomic mass is 9.95. The summed E-state index contributed by atoms with van der Waals surface area (Å²) >= 11 is 1.99. The van der Waals surface area contributed by atoms with Gasteiger partial charge in [0.15, 0.2) is 11.5 Å². The Balaban J connectivity index is 1.78. The molecule has 2 aromatic rings. The summed E-state index contributed by atoms with van der Waals surface area (Å²) in [5.41, 5.74) is 1.60. The third-order valence-corrected chi connectivity index (χ3v) is 5.11. The Kier molecular flexibility index (Phi) is 4.48. The van der Waals surface area contributed by atoms with E-state index in [1.807, 2.05) is 18.7 Å². The van der Waals surface area contributed by atoms with Crippen molar-refractivity contribution in [3.8, 4) is 0 Å².